The monoisotopic (exact) mass is 288 g/mol. The normalized spacial score (nSPS) is 10.6. The van der Waals surface area contributed by atoms with E-state index in [1.807, 2.05) is 0 Å². The van der Waals surface area contributed by atoms with Crippen LogP contribution in [0.5, 0.6) is 0 Å². The Morgan fingerprint density at radius 3 is 2.52 bits per heavy atom. The lowest BCUT2D eigenvalue weighted by Gasteiger charge is -2.04. The van der Waals surface area contributed by atoms with E-state index < -0.39 is 6.03 Å². The van der Waals surface area contributed by atoms with Crippen molar-refractivity contribution >= 4 is 12.1 Å². The fourth-order valence-electron chi connectivity index (χ4n) is 1.67. The molecule has 3 nitrogen and oxygen atoms in total. The molecule has 0 atom stereocenters. The molecule has 2 N–H and O–H groups in total. The predicted molar refractivity (Wildman–Crippen MR) is 77.2 cm³/mol. The molecule has 2 aromatic rings. The zero-order valence-corrected chi connectivity index (χ0v) is 11.1. The van der Waals surface area contributed by atoms with Gasteiger partial charge in [-0.15, -0.1) is 0 Å². The number of amides is 2. The summed E-state index contributed by atoms with van der Waals surface area (Å²) in [5, 5.41) is 5.11. The third-order valence-corrected chi connectivity index (χ3v) is 2.70. The highest BCUT2D eigenvalue weighted by molar-refractivity contribution is 5.75. The van der Waals surface area contributed by atoms with Crippen molar-refractivity contribution in [3.63, 3.8) is 0 Å². The minimum Gasteiger partial charge on any atom is -0.334 e. The molecular weight excluding hydrogens is 274 g/mol. The number of nitrogens with one attached hydrogen (secondary N) is 2. The van der Waals surface area contributed by atoms with Crippen LogP contribution in [0.1, 0.15) is 11.1 Å². The van der Waals surface area contributed by atoms with Gasteiger partial charge in [-0.2, -0.15) is 0 Å². The van der Waals surface area contributed by atoms with E-state index in [4.69, 9.17) is 0 Å². The van der Waals surface area contributed by atoms with Crippen molar-refractivity contribution in [2.24, 2.45) is 0 Å². The zero-order chi connectivity index (χ0) is 15.1. The van der Waals surface area contributed by atoms with E-state index in [0.717, 1.165) is 5.56 Å². The van der Waals surface area contributed by atoms with E-state index in [2.05, 4.69) is 10.6 Å². The maximum absolute atomic E-state index is 12.9. The molecule has 0 spiro atoms. The third kappa shape index (κ3) is 5.06. The van der Waals surface area contributed by atoms with Crippen molar-refractivity contribution in [2.75, 3.05) is 0 Å². The summed E-state index contributed by atoms with van der Waals surface area (Å²) in [6.45, 7) is 0.230. The molecule has 0 saturated carbocycles. The Hall–Kier alpha value is -2.69. The first-order chi connectivity index (χ1) is 10.1. The molecule has 0 aliphatic heterocycles. The van der Waals surface area contributed by atoms with Gasteiger partial charge in [-0.1, -0.05) is 24.3 Å². The van der Waals surface area contributed by atoms with Gasteiger partial charge in [-0.25, -0.2) is 13.6 Å². The lowest BCUT2D eigenvalue weighted by Crippen LogP contribution is -2.31. The SMILES string of the molecule is O=C(N/C=C/c1ccc(F)cc1)NCc1cccc(F)c1. The fraction of sp³-hybridized carbons (Fsp3) is 0.0625. The Morgan fingerprint density at radius 2 is 1.81 bits per heavy atom. The number of rotatable bonds is 4. The number of hydrogen-bond acceptors (Lipinski definition) is 1. The summed E-state index contributed by atoms with van der Waals surface area (Å²) in [5.74, 6) is -0.654. The Morgan fingerprint density at radius 1 is 1.05 bits per heavy atom. The van der Waals surface area contributed by atoms with Crippen molar-refractivity contribution in [1.82, 2.24) is 10.6 Å². The molecule has 2 amide bonds. The number of carbonyl (C=O) groups excluding carboxylic acids is 1. The van der Waals surface area contributed by atoms with Crippen LogP contribution < -0.4 is 10.6 Å². The fourth-order valence-corrected chi connectivity index (χ4v) is 1.67. The van der Waals surface area contributed by atoms with E-state index in [1.165, 1.54) is 30.5 Å². The first kappa shape index (κ1) is 14.7. The number of hydrogen-bond donors (Lipinski definition) is 2. The summed E-state index contributed by atoms with van der Waals surface area (Å²) in [6.07, 6.45) is 3.09. The van der Waals surface area contributed by atoms with Crippen LogP contribution in [-0.2, 0) is 6.54 Å². The number of carbonyl (C=O) groups is 1. The van der Waals surface area contributed by atoms with Crippen LogP contribution in [0.3, 0.4) is 0 Å². The standard InChI is InChI=1S/C16H14F2N2O/c17-14-6-4-12(5-7-14)8-9-19-16(21)20-11-13-2-1-3-15(18)10-13/h1-10H,11H2,(H2,19,20,21)/b9-8+. The van der Waals surface area contributed by atoms with E-state index in [9.17, 15) is 13.6 Å². The molecule has 2 rings (SSSR count). The second kappa shape index (κ2) is 7.19. The molecule has 0 unspecified atom stereocenters. The summed E-state index contributed by atoms with van der Waals surface area (Å²) in [5.41, 5.74) is 1.44. The zero-order valence-electron chi connectivity index (χ0n) is 11.1. The summed E-state index contributed by atoms with van der Waals surface area (Å²) >= 11 is 0. The molecule has 0 bridgehead atoms. The van der Waals surface area contributed by atoms with Gasteiger partial charge < -0.3 is 10.6 Å². The van der Waals surface area contributed by atoms with Gasteiger partial charge in [0.05, 0.1) is 0 Å². The highest BCUT2D eigenvalue weighted by Crippen LogP contribution is 2.04. The second-order valence-corrected chi connectivity index (χ2v) is 4.34. The van der Waals surface area contributed by atoms with Gasteiger partial charge in [-0.05, 0) is 41.5 Å². The highest BCUT2D eigenvalue weighted by atomic mass is 19.1. The van der Waals surface area contributed by atoms with Crippen LogP contribution in [0.25, 0.3) is 6.08 Å². The second-order valence-electron chi connectivity index (χ2n) is 4.34. The molecule has 0 aliphatic carbocycles. The van der Waals surface area contributed by atoms with Gasteiger partial charge >= 0.3 is 6.03 Å². The highest BCUT2D eigenvalue weighted by Gasteiger charge is 1.99. The minimum absolute atomic E-state index is 0.230. The van der Waals surface area contributed by atoms with Crippen LogP contribution in [0.4, 0.5) is 13.6 Å². The molecule has 0 saturated heterocycles. The summed E-state index contributed by atoms with van der Waals surface area (Å²) < 4.78 is 25.6. The van der Waals surface area contributed by atoms with Crippen LogP contribution >= 0.6 is 0 Å². The first-order valence-electron chi connectivity index (χ1n) is 6.34. The third-order valence-electron chi connectivity index (χ3n) is 2.70. The van der Waals surface area contributed by atoms with Crippen LogP contribution in [0.15, 0.2) is 54.7 Å². The lowest BCUT2D eigenvalue weighted by atomic mass is 10.2. The molecule has 0 fully saturated rings. The van der Waals surface area contributed by atoms with Gasteiger partial charge in [0.1, 0.15) is 11.6 Å². The maximum atomic E-state index is 12.9. The van der Waals surface area contributed by atoms with E-state index >= 15 is 0 Å². The van der Waals surface area contributed by atoms with Crippen LogP contribution in [0, 0.1) is 11.6 Å². The van der Waals surface area contributed by atoms with Gasteiger partial charge in [0.25, 0.3) is 0 Å². The molecule has 21 heavy (non-hydrogen) atoms. The van der Waals surface area contributed by atoms with E-state index in [0.29, 0.717) is 5.56 Å². The number of benzene rings is 2. The smallest absolute Gasteiger partial charge is 0.319 e. The van der Waals surface area contributed by atoms with E-state index in [1.54, 1.807) is 30.3 Å². The van der Waals surface area contributed by atoms with Crippen molar-refractivity contribution in [3.8, 4) is 0 Å². The minimum atomic E-state index is -0.405. The summed E-state index contributed by atoms with van der Waals surface area (Å²) in [4.78, 5) is 11.5. The van der Waals surface area contributed by atoms with Gasteiger partial charge in [-0.3, -0.25) is 0 Å². The van der Waals surface area contributed by atoms with Crippen molar-refractivity contribution in [1.29, 1.82) is 0 Å². The molecule has 0 aliphatic rings. The Kier molecular flexibility index (Phi) is 5.04. The Bertz CT molecular complexity index is 639. The maximum Gasteiger partial charge on any atom is 0.319 e. The Balaban J connectivity index is 1.78. The molecule has 0 aromatic heterocycles. The molecule has 108 valence electrons. The summed E-state index contributed by atoms with van der Waals surface area (Å²) in [6, 6.07) is 11.5. The first-order valence-corrected chi connectivity index (χ1v) is 6.34. The lowest BCUT2D eigenvalue weighted by molar-refractivity contribution is 0.244. The van der Waals surface area contributed by atoms with Crippen LogP contribution in [0.2, 0.25) is 0 Å². The predicted octanol–water partition coefficient (Wildman–Crippen LogP) is 3.43. The van der Waals surface area contributed by atoms with Gasteiger partial charge in [0.2, 0.25) is 0 Å². The quantitative estimate of drug-likeness (QED) is 0.889. The van der Waals surface area contributed by atoms with Crippen molar-refractivity contribution in [2.45, 2.75) is 6.54 Å². The van der Waals surface area contributed by atoms with Crippen molar-refractivity contribution in [3.05, 3.63) is 77.5 Å². The molecule has 5 heteroatoms. The number of urea groups is 1. The van der Waals surface area contributed by atoms with Crippen molar-refractivity contribution < 1.29 is 13.6 Å². The topological polar surface area (TPSA) is 41.1 Å². The Labute approximate surface area is 121 Å². The van der Waals surface area contributed by atoms with Gasteiger partial charge in [0, 0.05) is 12.7 Å². The largest absolute Gasteiger partial charge is 0.334 e. The molecule has 2 aromatic carbocycles. The molecule has 0 heterocycles. The molecule has 0 radical (unpaired) electrons. The average Bonchev–Trinajstić information content (AvgIpc) is 2.47. The van der Waals surface area contributed by atoms with E-state index in [-0.39, 0.29) is 18.2 Å². The number of halogens is 2. The average molecular weight is 288 g/mol. The molecular formula is C16H14F2N2O. The van der Waals surface area contributed by atoms with Gasteiger partial charge in [0.15, 0.2) is 0 Å². The van der Waals surface area contributed by atoms with Crippen LogP contribution in [-0.4, -0.2) is 6.03 Å². The summed E-state index contributed by atoms with van der Waals surface area (Å²) in [7, 11) is 0.